The number of likely N-dealkylation sites (N-methyl/N-ethyl adjacent to an activating group) is 1. The number of hydrogen-bond donors (Lipinski definition) is 1. The fraction of sp³-hybridized carbons (Fsp3) is 0.800. The van der Waals surface area contributed by atoms with Gasteiger partial charge in [0.2, 0.25) is 6.29 Å². The number of carboxylic acid groups (broad SMARTS) is 1. The highest BCUT2D eigenvalue weighted by atomic mass is 16.7. The molecule has 6 heteroatoms. The van der Waals surface area contributed by atoms with Crippen LogP contribution in [0, 0.1) is 0 Å². The van der Waals surface area contributed by atoms with Crippen molar-refractivity contribution in [2.75, 3.05) is 26.2 Å². The molecule has 92 valence electrons. The lowest BCUT2D eigenvalue weighted by molar-refractivity contribution is -0.194. The van der Waals surface area contributed by atoms with Crippen molar-refractivity contribution in [2.24, 2.45) is 0 Å². The summed E-state index contributed by atoms with van der Waals surface area (Å²) in [6.07, 6.45) is -0.875. The summed E-state index contributed by atoms with van der Waals surface area (Å²) in [5, 5.41) is 8.40. The first-order valence-corrected chi connectivity index (χ1v) is 5.37. The van der Waals surface area contributed by atoms with Crippen molar-refractivity contribution in [3.8, 4) is 0 Å². The van der Waals surface area contributed by atoms with E-state index in [4.69, 9.17) is 14.6 Å². The summed E-state index contributed by atoms with van der Waals surface area (Å²) >= 11 is 0. The van der Waals surface area contributed by atoms with Gasteiger partial charge in [0.15, 0.2) is 0 Å². The minimum Gasteiger partial charge on any atom is -0.481 e. The molecular weight excluding hydrogens is 214 g/mol. The van der Waals surface area contributed by atoms with Gasteiger partial charge in [-0.2, -0.15) is 0 Å². The van der Waals surface area contributed by atoms with Gasteiger partial charge in [0, 0.05) is 6.54 Å². The van der Waals surface area contributed by atoms with Gasteiger partial charge in [-0.3, -0.25) is 14.5 Å². The van der Waals surface area contributed by atoms with Gasteiger partial charge in [0.1, 0.15) is 0 Å². The molecule has 1 fully saturated rings. The smallest absolute Gasteiger partial charge is 0.308 e. The molecule has 0 spiro atoms. The lowest BCUT2D eigenvalue weighted by atomic mass is 10.3. The molecule has 1 aliphatic heterocycles. The number of aliphatic carboxylic acids is 1. The zero-order valence-corrected chi connectivity index (χ0v) is 9.35. The van der Waals surface area contributed by atoms with Crippen molar-refractivity contribution in [3.05, 3.63) is 0 Å². The van der Waals surface area contributed by atoms with E-state index in [9.17, 15) is 9.59 Å². The van der Waals surface area contributed by atoms with Crippen LogP contribution in [0.15, 0.2) is 0 Å². The molecule has 0 aromatic rings. The highest BCUT2D eigenvalue weighted by molar-refractivity contribution is 5.76. The van der Waals surface area contributed by atoms with Gasteiger partial charge < -0.3 is 14.6 Å². The van der Waals surface area contributed by atoms with E-state index in [1.807, 2.05) is 6.92 Å². The molecule has 0 radical (unpaired) electrons. The quantitative estimate of drug-likeness (QED) is 0.675. The molecule has 0 amide bonds. The number of rotatable bonds is 5. The van der Waals surface area contributed by atoms with E-state index in [-0.39, 0.29) is 12.8 Å². The number of hydrogen-bond acceptors (Lipinski definition) is 5. The van der Waals surface area contributed by atoms with Gasteiger partial charge in [0.05, 0.1) is 26.0 Å². The summed E-state index contributed by atoms with van der Waals surface area (Å²) in [5.41, 5.74) is 0. The lowest BCUT2D eigenvalue weighted by Crippen LogP contribution is -2.44. The molecule has 0 saturated carbocycles. The Kier molecular flexibility index (Phi) is 5.21. The average Bonchev–Trinajstić information content (AvgIpc) is 2.26. The Morgan fingerprint density at radius 3 is 2.88 bits per heavy atom. The third-order valence-electron chi connectivity index (χ3n) is 2.37. The maximum atomic E-state index is 11.2. The molecule has 1 saturated heterocycles. The summed E-state index contributed by atoms with van der Waals surface area (Å²) in [6.45, 7) is 4.82. The van der Waals surface area contributed by atoms with Crippen LogP contribution in [-0.2, 0) is 19.1 Å². The molecule has 0 aromatic carbocycles. The maximum Gasteiger partial charge on any atom is 0.308 e. The molecule has 1 N–H and O–H groups in total. The molecule has 1 atom stereocenters. The molecule has 6 nitrogen and oxygen atoms in total. The second-order valence-electron chi connectivity index (χ2n) is 3.58. The predicted octanol–water partition coefficient (Wildman–Crippen LogP) is 0.0726. The van der Waals surface area contributed by atoms with E-state index in [1.54, 1.807) is 0 Å². The number of carbonyl (C=O) groups excluding carboxylic acids is 1. The molecule has 1 unspecified atom stereocenters. The first-order chi connectivity index (χ1) is 7.61. The van der Waals surface area contributed by atoms with Crippen LogP contribution in [0.2, 0.25) is 0 Å². The fourth-order valence-electron chi connectivity index (χ4n) is 1.44. The number of ether oxygens (including phenoxy) is 2. The Labute approximate surface area is 94.1 Å². The van der Waals surface area contributed by atoms with Gasteiger partial charge in [0.25, 0.3) is 0 Å². The number of esters is 1. The van der Waals surface area contributed by atoms with Crippen LogP contribution >= 0.6 is 0 Å². The van der Waals surface area contributed by atoms with Crippen molar-refractivity contribution >= 4 is 11.9 Å². The number of nitrogens with zero attached hydrogens (tertiary/aromatic N) is 1. The van der Waals surface area contributed by atoms with Crippen LogP contribution < -0.4 is 0 Å². The van der Waals surface area contributed by atoms with E-state index >= 15 is 0 Å². The van der Waals surface area contributed by atoms with Crippen molar-refractivity contribution in [3.63, 3.8) is 0 Å². The Morgan fingerprint density at radius 2 is 2.25 bits per heavy atom. The normalized spacial score (nSPS) is 21.7. The summed E-state index contributed by atoms with van der Waals surface area (Å²) < 4.78 is 10.3. The molecule has 0 aromatic heterocycles. The second-order valence-corrected chi connectivity index (χ2v) is 3.58. The number of morpholine rings is 1. The van der Waals surface area contributed by atoms with Crippen LogP contribution in [-0.4, -0.2) is 54.5 Å². The zero-order valence-electron chi connectivity index (χ0n) is 9.35. The Balaban J connectivity index is 2.25. The minimum atomic E-state index is -1.00. The third kappa shape index (κ3) is 4.59. The van der Waals surface area contributed by atoms with Crippen LogP contribution in [0.25, 0.3) is 0 Å². The third-order valence-corrected chi connectivity index (χ3v) is 2.37. The predicted molar refractivity (Wildman–Crippen MR) is 54.8 cm³/mol. The molecule has 0 bridgehead atoms. The summed E-state index contributed by atoms with van der Waals surface area (Å²) in [7, 11) is 0. The standard InChI is InChI=1S/C10H17NO5/c1-2-11-5-6-15-10(7-11)16-9(14)4-3-8(12)13/h10H,2-7H2,1H3,(H,12,13). The monoisotopic (exact) mass is 231 g/mol. The molecule has 1 aliphatic rings. The minimum absolute atomic E-state index is 0.110. The van der Waals surface area contributed by atoms with Gasteiger partial charge in [-0.1, -0.05) is 6.92 Å². The maximum absolute atomic E-state index is 11.2. The van der Waals surface area contributed by atoms with E-state index in [1.165, 1.54) is 0 Å². The molecule has 0 aliphatic carbocycles. The van der Waals surface area contributed by atoms with Gasteiger partial charge in [-0.15, -0.1) is 0 Å². The second kappa shape index (κ2) is 6.44. The van der Waals surface area contributed by atoms with E-state index in [0.717, 1.165) is 13.1 Å². The van der Waals surface area contributed by atoms with Crippen LogP contribution in [0.5, 0.6) is 0 Å². The average molecular weight is 231 g/mol. The van der Waals surface area contributed by atoms with Gasteiger partial charge >= 0.3 is 11.9 Å². The Morgan fingerprint density at radius 1 is 1.50 bits per heavy atom. The van der Waals surface area contributed by atoms with E-state index in [0.29, 0.717) is 13.2 Å². The van der Waals surface area contributed by atoms with Gasteiger partial charge in [-0.05, 0) is 6.54 Å². The van der Waals surface area contributed by atoms with Crippen molar-refractivity contribution in [1.29, 1.82) is 0 Å². The highest BCUT2D eigenvalue weighted by Crippen LogP contribution is 2.07. The highest BCUT2D eigenvalue weighted by Gasteiger charge is 2.22. The number of carbonyl (C=O) groups is 2. The molecule has 1 heterocycles. The van der Waals surface area contributed by atoms with Crippen LogP contribution in [0.1, 0.15) is 19.8 Å². The van der Waals surface area contributed by atoms with Gasteiger partial charge in [-0.25, -0.2) is 0 Å². The fourth-order valence-corrected chi connectivity index (χ4v) is 1.44. The molecular formula is C10H17NO5. The van der Waals surface area contributed by atoms with Crippen molar-refractivity contribution < 1.29 is 24.2 Å². The molecule has 1 rings (SSSR count). The van der Waals surface area contributed by atoms with E-state index in [2.05, 4.69) is 4.90 Å². The topological polar surface area (TPSA) is 76.1 Å². The first-order valence-electron chi connectivity index (χ1n) is 5.37. The Bertz CT molecular complexity index is 256. The summed E-state index contributed by atoms with van der Waals surface area (Å²) in [5.74, 6) is -1.53. The SMILES string of the molecule is CCN1CCOC(OC(=O)CCC(=O)O)C1. The van der Waals surface area contributed by atoms with Crippen molar-refractivity contribution in [2.45, 2.75) is 26.1 Å². The van der Waals surface area contributed by atoms with Crippen molar-refractivity contribution in [1.82, 2.24) is 4.90 Å². The number of carboxylic acids is 1. The first kappa shape index (κ1) is 12.9. The van der Waals surface area contributed by atoms with E-state index < -0.39 is 18.2 Å². The summed E-state index contributed by atoms with van der Waals surface area (Å²) in [4.78, 5) is 23.6. The lowest BCUT2D eigenvalue weighted by Gasteiger charge is -2.31. The van der Waals surface area contributed by atoms with Crippen LogP contribution in [0.4, 0.5) is 0 Å². The van der Waals surface area contributed by atoms with Crippen LogP contribution in [0.3, 0.4) is 0 Å². The Hall–Kier alpha value is -1.14. The zero-order chi connectivity index (χ0) is 12.0. The largest absolute Gasteiger partial charge is 0.481 e. The molecule has 16 heavy (non-hydrogen) atoms. The summed E-state index contributed by atoms with van der Waals surface area (Å²) in [6, 6.07) is 0.